The summed E-state index contributed by atoms with van der Waals surface area (Å²) in [6.45, 7) is 1.46. The van der Waals surface area contributed by atoms with Crippen molar-refractivity contribution in [2.24, 2.45) is 0 Å². The first-order valence-electron chi connectivity index (χ1n) is 5.17. The van der Waals surface area contributed by atoms with Gasteiger partial charge in [0.05, 0.1) is 22.2 Å². The average Bonchev–Trinajstić information content (AvgIpc) is 2.26. The first-order valence-corrected chi connectivity index (χ1v) is 9.02. The molecule has 0 saturated heterocycles. The highest BCUT2D eigenvalue weighted by Crippen LogP contribution is 2.28. The third-order valence-electron chi connectivity index (χ3n) is 2.41. The first kappa shape index (κ1) is 15.3. The molecule has 0 aliphatic heterocycles. The molecule has 1 aromatic rings. The molecule has 0 heterocycles. The van der Waals surface area contributed by atoms with Gasteiger partial charge in [-0.25, -0.2) is 16.8 Å². The molecule has 0 saturated carbocycles. The quantitative estimate of drug-likeness (QED) is 0.823. The van der Waals surface area contributed by atoms with Crippen molar-refractivity contribution < 1.29 is 16.8 Å². The number of hydrogen-bond acceptors (Lipinski definition) is 5. The van der Waals surface area contributed by atoms with E-state index >= 15 is 0 Å². The van der Waals surface area contributed by atoms with Crippen LogP contribution in [0.15, 0.2) is 23.1 Å². The molecule has 102 valence electrons. The van der Waals surface area contributed by atoms with Crippen molar-refractivity contribution in [1.82, 2.24) is 0 Å². The minimum absolute atomic E-state index is 0.00361. The van der Waals surface area contributed by atoms with Crippen LogP contribution in [-0.4, -0.2) is 34.1 Å². The number of anilines is 1. The van der Waals surface area contributed by atoms with Crippen molar-refractivity contribution in [1.29, 1.82) is 0 Å². The number of benzene rings is 1. The summed E-state index contributed by atoms with van der Waals surface area (Å²) in [6.07, 6.45) is 0. The predicted molar refractivity (Wildman–Crippen MR) is 72.2 cm³/mol. The van der Waals surface area contributed by atoms with Crippen molar-refractivity contribution >= 4 is 37.0 Å². The van der Waals surface area contributed by atoms with Crippen LogP contribution in [0.5, 0.6) is 0 Å². The Kier molecular flexibility index (Phi) is 4.63. The summed E-state index contributed by atoms with van der Waals surface area (Å²) in [7, 11) is -7.15. The van der Waals surface area contributed by atoms with E-state index in [4.69, 9.17) is 17.3 Å². The van der Waals surface area contributed by atoms with Crippen molar-refractivity contribution in [3.8, 4) is 0 Å². The van der Waals surface area contributed by atoms with Crippen LogP contribution >= 0.6 is 11.6 Å². The SMILES string of the molecule is CCS(=O)(=O)CCS(=O)(=O)c1c(N)cccc1Cl. The lowest BCUT2D eigenvalue weighted by Gasteiger charge is -2.09. The summed E-state index contributed by atoms with van der Waals surface area (Å²) in [6, 6.07) is 4.34. The summed E-state index contributed by atoms with van der Waals surface area (Å²) < 4.78 is 46.7. The van der Waals surface area contributed by atoms with Gasteiger partial charge in [0.15, 0.2) is 19.7 Å². The van der Waals surface area contributed by atoms with Crippen molar-refractivity contribution in [2.45, 2.75) is 11.8 Å². The molecule has 1 rings (SSSR count). The second-order valence-corrected chi connectivity index (χ2v) is 8.64. The fraction of sp³-hybridized carbons (Fsp3) is 0.400. The summed E-state index contributed by atoms with van der Waals surface area (Å²) in [5.41, 5.74) is 5.59. The minimum atomic E-state index is -3.80. The second-order valence-electron chi connectivity index (χ2n) is 3.71. The zero-order chi connectivity index (χ0) is 14.0. The lowest BCUT2D eigenvalue weighted by molar-refractivity contribution is 0.588. The molecule has 0 bridgehead atoms. The Morgan fingerprint density at radius 3 is 2.28 bits per heavy atom. The Labute approximate surface area is 112 Å². The van der Waals surface area contributed by atoms with Crippen molar-refractivity contribution in [3.05, 3.63) is 23.2 Å². The molecule has 2 N–H and O–H groups in total. The fourth-order valence-corrected chi connectivity index (χ4v) is 5.05. The first-order chi connectivity index (χ1) is 8.19. The topological polar surface area (TPSA) is 94.3 Å². The molecule has 5 nitrogen and oxygen atoms in total. The lowest BCUT2D eigenvalue weighted by Crippen LogP contribution is -2.19. The van der Waals surface area contributed by atoms with Crippen LogP contribution < -0.4 is 5.73 Å². The highest BCUT2D eigenvalue weighted by atomic mass is 35.5. The van der Waals surface area contributed by atoms with E-state index < -0.39 is 31.2 Å². The van der Waals surface area contributed by atoms with Crippen LogP contribution in [0.3, 0.4) is 0 Å². The normalized spacial score (nSPS) is 12.6. The fourth-order valence-electron chi connectivity index (χ4n) is 1.34. The van der Waals surface area contributed by atoms with E-state index in [-0.39, 0.29) is 21.4 Å². The standard InChI is InChI=1S/C10H14ClNO4S2/c1-2-17(13,14)6-7-18(15,16)10-8(11)4-3-5-9(10)12/h3-5H,2,6-7,12H2,1H3. The summed E-state index contributed by atoms with van der Waals surface area (Å²) in [4.78, 5) is -0.196. The Morgan fingerprint density at radius 1 is 1.17 bits per heavy atom. The van der Waals surface area contributed by atoms with Crippen LogP contribution in [0, 0.1) is 0 Å². The van der Waals surface area contributed by atoms with Gasteiger partial charge in [-0.1, -0.05) is 24.6 Å². The molecule has 0 aliphatic carbocycles. The number of nitrogens with two attached hydrogens (primary N) is 1. The molecule has 18 heavy (non-hydrogen) atoms. The number of nitrogen functional groups attached to an aromatic ring is 1. The predicted octanol–water partition coefficient (Wildman–Crippen LogP) is 1.13. The van der Waals surface area contributed by atoms with Gasteiger partial charge in [0, 0.05) is 5.75 Å². The number of halogens is 1. The lowest BCUT2D eigenvalue weighted by atomic mass is 10.3. The monoisotopic (exact) mass is 311 g/mol. The van der Waals surface area contributed by atoms with Gasteiger partial charge in [-0.3, -0.25) is 0 Å². The number of sulfone groups is 2. The number of hydrogen-bond donors (Lipinski definition) is 1. The summed E-state index contributed by atoms with van der Waals surface area (Å²) in [5, 5.41) is 0.00361. The van der Waals surface area contributed by atoms with Crippen LogP contribution in [0.1, 0.15) is 6.92 Å². The Morgan fingerprint density at radius 2 is 1.78 bits per heavy atom. The average molecular weight is 312 g/mol. The molecule has 0 fully saturated rings. The molecule has 0 amide bonds. The van der Waals surface area contributed by atoms with Crippen LogP contribution in [0.25, 0.3) is 0 Å². The third kappa shape index (κ3) is 3.60. The second kappa shape index (κ2) is 5.46. The summed E-state index contributed by atoms with van der Waals surface area (Å²) >= 11 is 5.79. The van der Waals surface area contributed by atoms with Gasteiger partial charge in [0.2, 0.25) is 0 Å². The molecule has 8 heteroatoms. The van der Waals surface area contributed by atoms with Crippen LogP contribution in [0.2, 0.25) is 5.02 Å². The van der Waals surface area contributed by atoms with Gasteiger partial charge in [-0.2, -0.15) is 0 Å². The molecule has 0 aliphatic rings. The molecule has 1 aromatic carbocycles. The van der Waals surface area contributed by atoms with Gasteiger partial charge in [0.1, 0.15) is 4.90 Å². The molecule has 0 radical (unpaired) electrons. The maximum atomic E-state index is 12.0. The highest BCUT2D eigenvalue weighted by Gasteiger charge is 2.23. The Bertz CT molecular complexity index is 618. The van der Waals surface area contributed by atoms with E-state index in [1.165, 1.54) is 25.1 Å². The van der Waals surface area contributed by atoms with E-state index in [1.54, 1.807) is 0 Å². The van der Waals surface area contributed by atoms with Gasteiger partial charge in [-0.05, 0) is 12.1 Å². The minimum Gasteiger partial charge on any atom is -0.398 e. The molecule has 0 aromatic heterocycles. The number of rotatable bonds is 5. The zero-order valence-electron chi connectivity index (χ0n) is 9.76. The highest BCUT2D eigenvalue weighted by molar-refractivity contribution is 7.95. The maximum absolute atomic E-state index is 12.0. The van der Waals surface area contributed by atoms with E-state index in [9.17, 15) is 16.8 Å². The van der Waals surface area contributed by atoms with Crippen LogP contribution in [0.4, 0.5) is 5.69 Å². The summed E-state index contributed by atoms with van der Waals surface area (Å²) in [5.74, 6) is -1.05. The molecule has 0 unspecified atom stereocenters. The molecular formula is C10H14ClNO4S2. The largest absolute Gasteiger partial charge is 0.398 e. The molecular weight excluding hydrogens is 298 g/mol. The van der Waals surface area contributed by atoms with Gasteiger partial charge in [0.25, 0.3) is 0 Å². The van der Waals surface area contributed by atoms with E-state index in [0.717, 1.165) is 0 Å². The molecule has 0 atom stereocenters. The van der Waals surface area contributed by atoms with Crippen molar-refractivity contribution in [3.63, 3.8) is 0 Å². The smallest absolute Gasteiger partial charge is 0.182 e. The zero-order valence-corrected chi connectivity index (χ0v) is 12.1. The third-order valence-corrected chi connectivity index (χ3v) is 6.62. The molecule has 0 spiro atoms. The van der Waals surface area contributed by atoms with Gasteiger partial charge in [-0.15, -0.1) is 0 Å². The van der Waals surface area contributed by atoms with Crippen LogP contribution in [-0.2, 0) is 19.7 Å². The Balaban J connectivity index is 3.09. The van der Waals surface area contributed by atoms with E-state index in [2.05, 4.69) is 0 Å². The van der Waals surface area contributed by atoms with Gasteiger partial charge >= 0.3 is 0 Å². The maximum Gasteiger partial charge on any atom is 0.182 e. The van der Waals surface area contributed by atoms with Gasteiger partial charge < -0.3 is 5.73 Å². The Hall–Kier alpha value is -0.790. The van der Waals surface area contributed by atoms with Crippen molar-refractivity contribution in [2.75, 3.05) is 23.0 Å². The van der Waals surface area contributed by atoms with E-state index in [1.807, 2.05) is 0 Å². The van der Waals surface area contributed by atoms with E-state index in [0.29, 0.717) is 0 Å².